The van der Waals surface area contributed by atoms with Crippen molar-refractivity contribution < 1.29 is 4.79 Å². The zero-order valence-corrected chi connectivity index (χ0v) is 15.5. The predicted molar refractivity (Wildman–Crippen MR) is 96.8 cm³/mol. The first kappa shape index (κ1) is 21.5. The summed E-state index contributed by atoms with van der Waals surface area (Å²) >= 11 is 0. The van der Waals surface area contributed by atoms with Gasteiger partial charge in [-0.15, -0.1) is 0 Å². The van der Waals surface area contributed by atoms with Gasteiger partial charge in [0.1, 0.15) is 0 Å². The summed E-state index contributed by atoms with van der Waals surface area (Å²) in [5.74, 6) is -0.308. The third-order valence-electron chi connectivity index (χ3n) is 5.18. The van der Waals surface area contributed by atoms with E-state index < -0.39 is 0 Å². The van der Waals surface area contributed by atoms with Gasteiger partial charge in [0.15, 0.2) is 0 Å². The summed E-state index contributed by atoms with van der Waals surface area (Å²) in [6.07, 6.45) is 17.9. The van der Waals surface area contributed by atoms with Gasteiger partial charge in [-0.3, -0.25) is 10.5 Å². The monoisotopic (exact) mass is 310 g/mol. The van der Waals surface area contributed by atoms with Gasteiger partial charge in [-0.05, 0) is 19.3 Å². The second-order valence-corrected chi connectivity index (χ2v) is 7.00. The quantitative estimate of drug-likeness (QED) is 0.293. The lowest BCUT2D eigenvalue weighted by molar-refractivity contribution is -0.129. The van der Waals surface area contributed by atoms with E-state index in [0.717, 1.165) is 32.1 Å². The minimum absolute atomic E-state index is 0.308. The molecule has 0 aliphatic heterocycles. The topological polar surface area (TPSA) is 40.9 Å². The maximum absolute atomic E-state index is 11.9. The second-order valence-electron chi connectivity index (χ2n) is 7.00. The molecule has 131 valence electrons. The van der Waals surface area contributed by atoms with Crippen molar-refractivity contribution in [2.75, 3.05) is 0 Å². The smallest absolute Gasteiger partial charge is 0.244 e. The molecular formula is C20H40NO. The fourth-order valence-electron chi connectivity index (χ4n) is 3.35. The van der Waals surface area contributed by atoms with Gasteiger partial charge in [-0.2, -0.15) is 0 Å². The number of hydrogen-bond acceptors (Lipinski definition) is 1. The second kappa shape index (κ2) is 14.1. The molecule has 0 saturated carbocycles. The molecule has 0 atom stereocenters. The molecule has 0 saturated heterocycles. The fraction of sp³-hybridized carbons (Fsp3) is 0.950. The summed E-state index contributed by atoms with van der Waals surface area (Å²) in [6.45, 7) is 6.57. The average molecular weight is 311 g/mol. The maximum atomic E-state index is 11.9. The van der Waals surface area contributed by atoms with Crippen LogP contribution in [0, 0.1) is 5.41 Å². The highest BCUT2D eigenvalue weighted by Gasteiger charge is 2.33. The van der Waals surface area contributed by atoms with Gasteiger partial charge in [-0.1, -0.05) is 97.8 Å². The highest BCUT2D eigenvalue weighted by Crippen LogP contribution is 2.35. The molecule has 1 N–H and O–H groups in total. The average Bonchev–Trinajstić information content (AvgIpc) is 2.51. The van der Waals surface area contributed by atoms with Crippen molar-refractivity contribution in [3.8, 4) is 0 Å². The van der Waals surface area contributed by atoms with Crippen LogP contribution in [-0.4, -0.2) is 5.91 Å². The van der Waals surface area contributed by atoms with Gasteiger partial charge >= 0.3 is 0 Å². The van der Waals surface area contributed by atoms with E-state index in [1.165, 1.54) is 64.2 Å². The first-order valence-electron chi connectivity index (χ1n) is 9.89. The van der Waals surface area contributed by atoms with Crippen molar-refractivity contribution in [2.45, 2.75) is 117 Å². The number of nitrogens with one attached hydrogen (secondary N) is 1. The molecule has 0 spiro atoms. The largest absolute Gasteiger partial charge is 0.273 e. The lowest BCUT2D eigenvalue weighted by atomic mass is 9.75. The summed E-state index contributed by atoms with van der Waals surface area (Å²) < 4.78 is 0. The molecule has 1 amide bonds. The molecule has 0 aliphatic rings. The Morgan fingerprint density at radius 2 is 1.05 bits per heavy atom. The zero-order valence-electron chi connectivity index (χ0n) is 15.5. The van der Waals surface area contributed by atoms with Crippen molar-refractivity contribution in [1.29, 1.82) is 0 Å². The fourth-order valence-corrected chi connectivity index (χ4v) is 3.35. The Hall–Kier alpha value is -0.530. The highest BCUT2D eigenvalue weighted by atomic mass is 16.1. The van der Waals surface area contributed by atoms with Gasteiger partial charge in [0.05, 0.1) is 5.41 Å². The Morgan fingerprint density at radius 1 is 0.682 bits per heavy atom. The Labute approximate surface area is 139 Å². The third-order valence-corrected chi connectivity index (χ3v) is 5.18. The first-order chi connectivity index (χ1) is 10.6. The number of carbonyl (C=O) groups excluding carboxylic acids is 1. The first-order valence-corrected chi connectivity index (χ1v) is 9.89. The number of unbranched alkanes of at least 4 members (excludes halogenated alkanes) is 10. The Morgan fingerprint density at radius 3 is 1.36 bits per heavy atom. The number of rotatable bonds is 16. The van der Waals surface area contributed by atoms with Crippen LogP contribution in [0.4, 0.5) is 0 Å². The maximum Gasteiger partial charge on any atom is 0.244 e. The van der Waals surface area contributed by atoms with E-state index >= 15 is 0 Å². The summed E-state index contributed by atoms with van der Waals surface area (Å²) in [6, 6.07) is 0. The molecule has 0 aliphatic carbocycles. The molecule has 0 unspecified atom stereocenters. The molecule has 0 heterocycles. The molecule has 0 aromatic carbocycles. The molecule has 0 fully saturated rings. The van der Waals surface area contributed by atoms with Crippen LogP contribution >= 0.6 is 0 Å². The molecule has 2 nitrogen and oxygen atoms in total. The van der Waals surface area contributed by atoms with E-state index in [9.17, 15) is 4.79 Å². The van der Waals surface area contributed by atoms with E-state index in [1.807, 2.05) is 0 Å². The van der Waals surface area contributed by atoms with Crippen LogP contribution in [0.25, 0.3) is 0 Å². The Balaban J connectivity index is 4.04. The molecule has 0 bridgehead atoms. The van der Waals surface area contributed by atoms with Crippen LogP contribution in [0.3, 0.4) is 0 Å². The van der Waals surface area contributed by atoms with E-state index in [0.29, 0.717) is 0 Å². The highest BCUT2D eigenvalue weighted by molar-refractivity contribution is 5.79. The van der Waals surface area contributed by atoms with Crippen molar-refractivity contribution in [2.24, 2.45) is 5.41 Å². The Kier molecular flexibility index (Phi) is 13.7. The van der Waals surface area contributed by atoms with Gasteiger partial charge in [0, 0.05) is 0 Å². The van der Waals surface area contributed by atoms with Crippen LogP contribution in [0.1, 0.15) is 117 Å². The lowest BCUT2D eigenvalue weighted by Gasteiger charge is -2.29. The molecular weight excluding hydrogens is 270 g/mol. The van der Waals surface area contributed by atoms with Crippen LogP contribution in [0.15, 0.2) is 0 Å². The number of carbonyl (C=O) groups is 1. The number of hydrogen-bond donors (Lipinski definition) is 0. The van der Waals surface area contributed by atoms with E-state index in [4.69, 9.17) is 5.73 Å². The molecule has 0 rings (SSSR count). The molecule has 1 radical (unpaired) electrons. The molecule has 0 aromatic heterocycles. The zero-order chi connectivity index (χ0) is 16.7. The molecule has 2 heteroatoms. The van der Waals surface area contributed by atoms with Crippen molar-refractivity contribution in [3.63, 3.8) is 0 Å². The van der Waals surface area contributed by atoms with Crippen LogP contribution in [0.2, 0.25) is 0 Å². The predicted octanol–water partition coefficient (Wildman–Crippen LogP) is 6.69. The lowest BCUT2D eigenvalue weighted by Crippen LogP contribution is -2.31. The van der Waals surface area contributed by atoms with E-state index in [-0.39, 0.29) is 11.3 Å². The SMILES string of the molecule is CCCCCCCCC(CC)(CCCCCCCC)C([NH])=O. The van der Waals surface area contributed by atoms with E-state index in [1.54, 1.807) is 0 Å². The summed E-state index contributed by atoms with van der Waals surface area (Å²) in [4.78, 5) is 11.9. The molecule has 0 aromatic rings. The van der Waals surface area contributed by atoms with Gasteiger partial charge in [0.2, 0.25) is 5.91 Å². The van der Waals surface area contributed by atoms with Gasteiger partial charge < -0.3 is 0 Å². The van der Waals surface area contributed by atoms with Crippen LogP contribution in [0.5, 0.6) is 0 Å². The number of amides is 1. The molecule has 22 heavy (non-hydrogen) atoms. The summed E-state index contributed by atoms with van der Waals surface area (Å²) in [5.41, 5.74) is 7.40. The van der Waals surface area contributed by atoms with Crippen LogP contribution < -0.4 is 5.73 Å². The van der Waals surface area contributed by atoms with Crippen molar-refractivity contribution in [1.82, 2.24) is 5.73 Å². The van der Waals surface area contributed by atoms with Gasteiger partial charge in [0.25, 0.3) is 0 Å². The Bertz CT molecular complexity index is 246. The third kappa shape index (κ3) is 9.48. The van der Waals surface area contributed by atoms with Crippen molar-refractivity contribution in [3.05, 3.63) is 0 Å². The standard InChI is InChI=1S/C20H40NO/c1-4-7-9-11-13-15-17-20(6-3,19(21)22)18-16-14-12-10-8-5-2/h21H,4-18H2,1-3H3. The van der Waals surface area contributed by atoms with Crippen molar-refractivity contribution >= 4 is 5.91 Å². The van der Waals surface area contributed by atoms with Gasteiger partial charge in [-0.25, -0.2) is 0 Å². The summed E-state index contributed by atoms with van der Waals surface area (Å²) in [7, 11) is 0. The summed E-state index contributed by atoms with van der Waals surface area (Å²) in [5, 5.41) is 0. The van der Waals surface area contributed by atoms with E-state index in [2.05, 4.69) is 20.8 Å². The minimum atomic E-state index is -0.338. The van der Waals surface area contributed by atoms with Crippen LogP contribution in [-0.2, 0) is 4.79 Å². The minimum Gasteiger partial charge on any atom is -0.273 e. The normalized spacial score (nSPS) is 11.8.